The van der Waals surface area contributed by atoms with Gasteiger partial charge in [-0.3, -0.25) is 4.79 Å². The number of carbonyl (C=O) groups excluding carboxylic acids is 1. The van der Waals surface area contributed by atoms with Crippen molar-refractivity contribution in [3.05, 3.63) is 35.4 Å². The normalized spacial score (nSPS) is 9.76. The van der Waals surface area contributed by atoms with Crippen molar-refractivity contribution in [2.75, 3.05) is 6.61 Å². The van der Waals surface area contributed by atoms with Gasteiger partial charge in [0, 0.05) is 5.56 Å². The molecule has 96 valence electrons. The Balaban J connectivity index is 0.000000437. The number of Topliss-reactive ketones (excluding diaryl/α,β-unsaturated/α-hetero) is 1. The summed E-state index contributed by atoms with van der Waals surface area (Å²) in [6.07, 6.45) is 0.997. The Hall–Kier alpha value is -1.19. The zero-order chi connectivity index (χ0) is 13.3. The van der Waals surface area contributed by atoms with E-state index >= 15 is 0 Å². The van der Waals surface area contributed by atoms with Gasteiger partial charge in [0.05, 0.1) is 6.61 Å². The average molecular weight is 237 g/mol. The Kier molecular flexibility index (Phi) is 8.28. The SMILES string of the molecule is CC(=O)c1ccc(C(C)C)cc1.CCCON. The smallest absolute Gasteiger partial charge is 0.159 e. The van der Waals surface area contributed by atoms with Gasteiger partial charge in [0.25, 0.3) is 0 Å². The highest BCUT2D eigenvalue weighted by Crippen LogP contribution is 2.14. The lowest BCUT2D eigenvalue weighted by Crippen LogP contribution is -1.97. The fraction of sp³-hybridized carbons (Fsp3) is 0.500. The van der Waals surface area contributed by atoms with Crippen LogP contribution in [0.1, 0.15) is 56.0 Å². The van der Waals surface area contributed by atoms with Crippen molar-refractivity contribution in [3.8, 4) is 0 Å². The van der Waals surface area contributed by atoms with Crippen molar-refractivity contribution < 1.29 is 9.63 Å². The third kappa shape index (κ3) is 6.87. The first-order valence-corrected chi connectivity index (χ1v) is 5.95. The minimum atomic E-state index is 0.130. The van der Waals surface area contributed by atoms with Crippen LogP contribution < -0.4 is 5.90 Å². The number of ketones is 1. The molecule has 0 amide bonds. The van der Waals surface area contributed by atoms with Crippen LogP contribution in [0.2, 0.25) is 0 Å². The van der Waals surface area contributed by atoms with Crippen molar-refractivity contribution in [1.29, 1.82) is 0 Å². The summed E-state index contributed by atoms with van der Waals surface area (Å²) in [5.41, 5.74) is 2.07. The monoisotopic (exact) mass is 237 g/mol. The molecule has 2 N–H and O–H groups in total. The summed E-state index contributed by atoms with van der Waals surface area (Å²) in [6.45, 7) is 8.54. The van der Waals surface area contributed by atoms with Gasteiger partial charge in [0.1, 0.15) is 0 Å². The molecule has 3 heteroatoms. The maximum absolute atomic E-state index is 10.9. The molecule has 0 aliphatic heterocycles. The molecule has 1 aromatic rings. The fourth-order valence-corrected chi connectivity index (χ4v) is 1.22. The highest BCUT2D eigenvalue weighted by molar-refractivity contribution is 5.94. The lowest BCUT2D eigenvalue weighted by atomic mass is 10.0. The van der Waals surface area contributed by atoms with Crippen LogP contribution >= 0.6 is 0 Å². The second-order valence-corrected chi connectivity index (χ2v) is 4.20. The molecule has 0 heterocycles. The minimum Gasteiger partial charge on any atom is -0.305 e. The van der Waals surface area contributed by atoms with E-state index in [1.54, 1.807) is 6.92 Å². The number of hydrogen-bond donors (Lipinski definition) is 1. The lowest BCUT2D eigenvalue weighted by Gasteiger charge is -2.04. The molecule has 0 aromatic heterocycles. The van der Waals surface area contributed by atoms with E-state index in [-0.39, 0.29) is 5.78 Å². The Morgan fingerprint density at radius 2 is 1.82 bits per heavy atom. The van der Waals surface area contributed by atoms with E-state index < -0.39 is 0 Å². The predicted molar refractivity (Wildman–Crippen MR) is 71.0 cm³/mol. The largest absolute Gasteiger partial charge is 0.305 e. The third-order valence-electron chi connectivity index (χ3n) is 2.31. The lowest BCUT2D eigenvalue weighted by molar-refractivity contribution is 0.101. The molecule has 1 rings (SSSR count). The number of carbonyl (C=O) groups is 1. The maximum Gasteiger partial charge on any atom is 0.159 e. The fourth-order valence-electron chi connectivity index (χ4n) is 1.22. The van der Waals surface area contributed by atoms with Crippen LogP contribution in [0.25, 0.3) is 0 Å². The van der Waals surface area contributed by atoms with Gasteiger partial charge in [-0.25, -0.2) is 5.90 Å². The second-order valence-electron chi connectivity index (χ2n) is 4.20. The molecule has 0 unspecified atom stereocenters. The predicted octanol–water partition coefficient (Wildman–Crippen LogP) is 3.30. The van der Waals surface area contributed by atoms with Crippen LogP contribution in [0.15, 0.2) is 24.3 Å². The van der Waals surface area contributed by atoms with E-state index in [9.17, 15) is 4.79 Å². The van der Waals surface area contributed by atoms with E-state index in [2.05, 4.69) is 24.6 Å². The molecule has 0 spiro atoms. The Bertz CT molecular complexity index is 315. The molecule has 0 aliphatic rings. The number of rotatable bonds is 4. The van der Waals surface area contributed by atoms with Crippen LogP contribution in [0.5, 0.6) is 0 Å². The van der Waals surface area contributed by atoms with Crippen LogP contribution in [0, 0.1) is 0 Å². The van der Waals surface area contributed by atoms with E-state index in [4.69, 9.17) is 0 Å². The molecule has 0 atom stereocenters. The van der Waals surface area contributed by atoms with E-state index in [1.807, 2.05) is 31.2 Å². The average Bonchev–Trinajstić information content (AvgIpc) is 2.31. The Labute approximate surface area is 104 Å². The van der Waals surface area contributed by atoms with Crippen molar-refractivity contribution >= 4 is 5.78 Å². The molecule has 0 fully saturated rings. The van der Waals surface area contributed by atoms with Gasteiger partial charge >= 0.3 is 0 Å². The Morgan fingerprint density at radius 1 is 1.29 bits per heavy atom. The Morgan fingerprint density at radius 3 is 2.06 bits per heavy atom. The highest BCUT2D eigenvalue weighted by Gasteiger charge is 2.00. The zero-order valence-electron chi connectivity index (χ0n) is 11.2. The molecule has 0 saturated carbocycles. The van der Waals surface area contributed by atoms with Gasteiger partial charge < -0.3 is 4.84 Å². The van der Waals surface area contributed by atoms with Crippen LogP contribution in [0.3, 0.4) is 0 Å². The van der Waals surface area contributed by atoms with Gasteiger partial charge in [0.15, 0.2) is 5.78 Å². The molecule has 17 heavy (non-hydrogen) atoms. The highest BCUT2D eigenvalue weighted by atomic mass is 16.6. The first kappa shape index (κ1) is 15.8. The van der Waals surface area contributed by atoms with Gasteiger partial charge in [0.2, 0.25) is 0 Å². The standard InChI is InChI=1S/C11H14O.C3H9NO/c1-8(2)10-4-6-11(7-5-10)9(3)12;1-2-3-5-4/h4-8H,1-3H3;2-4H2,1H3. The first-order chi connectivity index (χ1) is 8.02. The number of hydrogen-bond acceptors (Lipinski definition) is 3. The molecule has 0 aliphatic carbocycles. The van der Waals surface area contributed by atoms with Gasteiger partial charge in [-0.2, -0.15) is 0 Å². The van der Waals surface area contributed by atoms with Crippen molar-refractivity contribution in [3.63, 3.8) is 0 Å². The molecule has 3 nitrogen and oxygen atoms in total. The quantitative estimate of drug-likeness (QED) is 0.645. The van der Waals surface area contributed by atoms with E-state index in [0.29, 0.717) is 12.5 Å². The number of benzene rings is 1. The first-order valence-electron chi connectivity index (χ1n) is 5.95. The molecule has 1 aromatic carbocycles. The summed E-state index contributed by atoms with van der Waals surface area (Å²) >= 11 is 0. The van der Waals surface area contributed by atoms with Crippen LogP contribution in [-0.2, 0) is 4.84 Å². The maximum atomic E-state index is 10.9. The zero-order valence-corrected chi connectivity index (χ0v) is 11.2. The van der Waals surface area contributed by atoms with Crippen molar-refractivity contribution in [2.45, 2.75) is 40.0 Å². The van der Waals surface area contributed by atoms with E-state index in [0.717, 1.165) is 12.0 Å². The molecule has 0 saturated heterocycles. The summed E-state index contributed by atoms with van der Waals surface area (Å²) < 4.78 is 0. The third-order valence-corrected chi connectivity index (χ3v) is 2.31. The van der Waals surface area contributed by atoms with Crippen LogP contribution in [0.4, 0.5) is 0 Å². The molecular weight excluding hydrogens is 214 g/mol. The van der Waals surface area contributed by atoms with Crippen LogP contribution in [-0.4, -0.2) is 12.4 Å². The summed E-state index contributed by atoms with van der Waals surface area (Å²) in [7, 11) is 0. The van der Waals surface area contributed by atoms with E-state index in [1.165, 1.54) is 5.56 Å². The molecule has 0 radical (unpaired) electrons. The molecular formula is C14H23NO2. The van der Waals surface area contributed by atoms with Gasteiger partial charge in [-0.15, -0.1) is 0 Å². The number of nitrogens with two attached hydrogens (primary N) is 1. The topological polar surface area (TPSA) is 52.3 Å². The summed E-state index contributed by atoms with van der Waals surface area (Å²) in [6, 6.07) is 7.80. The van der Waals surface area contributed by atoms with Gasteiger partial charge in [-0.05, 0) is 24.8 Å². The minimum absolute atomic E-state index is 0.130. The summed E-state index contributed by atoms with van der Waals surface area (Å²) in [5.74, 6) is 5.30. The van der Waals surface area contributed by atoms with Crippen molar-refractivity contribution in [1.82, 2.24) is 0 Å². The summed E-state index contributed by atoms with van der Waals surface area (Å²) in [4.78, 5) is 15.1. The van der Waals surface area contributed by atoms with Gasteiger partial charge in [-0.1, -0.05) is 45.0 Å². The molecule has 0 bridgehead atoms. The van der Waals surface area contributed by atoms with Crippen molar-refractivity contribution in [2.24, 2.45) is 5.90 Å². The second kappa shape index (κ2) is 8.90. The summed E-state index contributed by atoms with van der Waals surface area (Å²) in [5, 5.41) is 0.